The van der Waals surface area contributed by atoms with Crippen LogP contribution in [0.2, 0.25) is 0 Å². The number of nitrogens with zero attached hydrogens (tertiary/aromatic N) is 4. The fourth-order valence-corrected chi connectivity index (χ4v) is 4.68. The second-order valence-electron chi connectivity index (χ2n) is 6.96. The van der Waals surface area contributed by atoms with E-state index >= 15 is 0 Å². The molecule has 0 N–H and O–H groups in total. The summed E-state index contributed by atoms with van der Waals surface area (Å²) in [5.74, 6) is 1.51. The molecular weight excluding hydrogens is 372 g/mol. The van der Waals surface area contributed by atoms with Crippen LogP contribution >= 0.6 is 11.3 Å². The van der Waals surface area contributed by atoms with Crippen molar-refractivity contribution >= 4 is 32.6 Å². The van der Waals surface area contributed by atoms with Gasteiger partial charge in [0.15, 0.2) is 16.6 Å². The van der Waals surface area contributed by atoms with Crippen LogP contribution in [0, 0.1) is 6.92 Å². The lowest BCUT2D eigenvalue weighted by Crippen LogP contribution is -2.36. The zero-order chi connectivity index (χ0) is 19.5. The van der Waals surface area contributed by atoms with Gasteiger partial charge in [0.05, 0.1) is 12.6 Å². The van der Waals surface area contributed by atoms with Gasteiger partial charge < -0.3 is 9.64 Å². The third-order valence-corrected chi connectivity index (χ3v) is 6.05. The Labute approximate surface area is 168 Å². The SMILES string of the molecule is CCOc1nc(C)nc2nc(N3CCC[C@@H]3C(=O)CCc3ccccc3)sc12. The maximum atomic E-state index is 12.9. The molecule has 0 radical (unpaired) electrons. The summed E-state index contributed by atoms with van der Waals surface area (Å²) in [6.07, 6.45) is 3.22. The van der Waals surface area contributed by atoms with Crippen molar-refractivity contribution in [1.82, 2.24) is 15.0 Å². The summed E-state index contributed by atoms with van der Waals surface area (Å²) in [6.45, 7) is 5.17. The summed E-state index contributed by atoms with van der Waals surface area (Å²) in [7, 11) is 0. The minimum Gasteiger partial charge on any atom is -0.477 e. The van der Waals surface area contributed by atoms with Gasteiger partial charge in [0, 0.05) is 13.0 Å². The van der Waals surface area contributed by atoms with Crippen molar-refractivity contribution in [1.29, 1.82) is 0 Å². The first-order valence-corrected chi connectivity index (χ1v) is 10.6. The van der Waals surface area contributed by atoms with E-state index in [2.05, 4.69) is 27.0 Å². The summed E-state index contributed by atoms with van der Waals surface area (Å²) in [5, 5.41) is 0.839. The quantitative estimate of drug-likeness (QED) is 0.602. The first-order valence-electron chi connectivity index (χ1n) is 9.77. The fraction of sp³-hybridized carbons (Fsp3) is 0.429. The van der Waals surface area contributed by atoms with Crippen LogP contribution in [0.5, 0.6) is 5.88 Å². The van der Waals surface area contributed by atoms with Gasteiger partial charge in [-0.15, -0.1) is 0 Å². The lowest BCUT2D eigenvalue weighted by atomic mass is 10.0. The second-order valence-corrected chi connectivity index (χ2v) is 7.94. The molecule has 0 spiro atoms. The minimum atomic E-state index is -0.103. The number of thiazole rings is 1. The van der Waals surface area contributed by atoms with Crippen LogP contribution in [0.3, 0.4) is 0 Å². The van der Waals surface area contributed by atoms with Crippen LogP contribution in [0.25, 0.3) is 10.3 Å². The Morgan fingerprint density at radius 1 is 1.25 bits per heavy atom. The molecule has 1 fully saturated rings. The standard InChI is InChI=1S/C21H24N4O2S/c1-3-27-20-18-19(22-14(2)23-20)24-21(28-18)25-13-7-10-16(25)17(26)12-11-15-8-5-4-6-9-15/h4-6,8-9,16H,3,7,10-13H2,1-2H3/t16-/m1/s1. The number of aryl methyl sites for hydroxylation is 2. The number of rotatable bonds is 7. The molecule has 0 unspecified atom stereocenters. The molecule has 3 heterocycles. The fourth-order valence-electron chi connectivity index (χ4n) is 3.66. The number of carbonyl (C=O) groups excluding carboxylic acids is 1. The molecule has 2 aromatic heterocycles. The number of anilines is 1. The summed E-state index contributed by atoms with van der Waals surface area (Å²) in [6, 6.07) is 10.1. The Bertz CT molecular complexity index is 973. The highest BCUT2D eigenvalue weighted by molar-refractivity contribution is 7.22. The Morgan fingerprint density at radius 2 is 2.07 bits per heavy atom. The van der Waals surface area contributed by atoms with Gasteiger partial charge in [0.1, 0.15) is 10.5 Å². The van der Waals surface area contributed by atoms with E-state index in [1.165, 1.54) is 16.9 Å². The molecule has 7 heteroatoms. The van der Waals surface area contributed by atoms with Crippen LogP contribution in [0.4, 0.5) is 5.13 Å². The lowest BCUT2D eigenvalue weighted by molar-refractivity contribution is -0.120. The molecule has 1 aromatic carbocycles. The second kappa shape index (κ2) is 8.22. The molecule has 28 heavy (non-hydrogen) atoms. The predicted octanol–water partition coefficient (Wildman–Crippen LogP) is 3.96. The largest absolute Gasteiger partial charge is 0.477 e. The first-order chi connectivity index (χ1) is 13.7. The van der Waals surface area contributed by atoms with E-state index in [1.54, 1.807) is 0 Å². The maximum absolute atomic E-state index is 12.9. The van der Waals surface area contributed by atoms with Crippen molar-refractivity contribution in [2.75, 3.05) is 18.1 Å². The molecule has 1 aliphatic rings. The molecular formula is C21H24N4O2S. The number of fused-ring (bicyclic) bond motifs is 1. The summed E-state index contributed by atoms with van der Waals surface area (Å²) >= 11 is 1.52. The maximum Gasteiger partial charge on any atom is 0.236 e. The average Bonchev–Trinajstić information content (AvgIpc) is 3.34. The van der Waals surface area contributed by atoms with Gasteiger partial charge in [-0.3, -0.25) is 4.79 Å². The molecule has 3 aromatic rings. The summed E-state index contributed by atoms with van der Waals surface area (Å²) in [4.78, 5) is 28.6. The van der Waals surface area contributed by atoms with Gasteiger partial charge in [-0.1, -0.05) is 41.7 Å². The lowest BCUT2D eigenvalue weighted by Gasteiger charge is -2.22. The van der Waals surface area contributed by atoms with Crippen LogP contribution in [-0.2, 0) is 11.2 Å². The number of ketones is 1. The number of hydrogen-bond donors (Lipinski definition) is 0. The summed E-state index contributed by atoms with van der Waals surface area (Å²) in [5.41, 5.74) is 1.85. The van der Waals surface area contributed by atoms with E-state index in [-0.39, 0.29) is 11.8 Å². The Balaban J connectivity index is 1.54. The van der Waals surface area contributed by atoms with E-state index in [0.29, 0.717) is 30.4 Å². The van der Waals surface area contributed by atoms with Gasteiger partial charge in [0.2, 0.25) is 5.88 Å². The van der Waals surface area contributed by atoms with Crippen molar-refractivity contribution in [2.45, 2.75) is 45.6 Å². The smallest absolute Gasteiger partial charge is 0.236 e. The summed E-state index contributed by atoms with van der Waals surface area (Å²) < 4.78 is 6.52. The van der Waals surface area contributed by atoms with E-state index in [4.69, 9.17) is 9.72 Å². The molecule has 146 valence electrons. The highest BCUT2D eigenvalue weighted by Crippen LogP contribution is 2.36. The van der Waals surface area contributed by atoms with Crippen molar-refractivity contribution in [3.8, 4) is 5.88 Å². The van der Waals surface area contributed by atoms with Crippen molar-refractivity contribution < 1.29 is 9.53 Å². The number of hydrogen-bond acceptors (Lipinski definition) is 7. The Morgan fingerprint density at radius 3 is 2.86 bits per heavy atom. The van der Waals surface area contributed by atoms with E-state index in [9.17, 15) is 4.79 Å². The van der Waals surface area contributed by atoms with Crippen molar-refractivity contribution in [3.05, 3.63) is 41.7 Å². The van der Waals surface area contributed by atoms with Crippen LogP contribution in [0.15, 0.2) is 30.3 Å². The molecule has 0 saturated carbocycles. The number of benzene rings is 1. The third kappa shape index (κ3) is 3.85. The number of carbonyl (C=O) groups is 1. The molecule has 0 aliphatic carbocycles. The monoisotopic (exact) mass is 396 g/mol. The molecule has 4 rings (SSSR count). The van der Waals surface area contributed by atoms with Gasteiger partial charge in [0.25, 0.3) is 0 Å². The van der Waals surface area contributed by atoms with E-state index in [0.717, 1.165) is 35.6 Å². The zero-order valence-corrected chi connectivity index (χ0v) is 17.0. The van der Waals surface area contributed by atoms with Crippen LogP contribution in [-0.4, -0.2) is 39.9 Å². The van der Waals surface area contributed by atoms with Gasteiger partial charge in [-0.25, -0.2) is 4.98 Å². The zero-order valence-electron chi connectivity index (χ0n) is 16.2. The number of ether oxygens (including phenoxy) is 1. The van der Waals surface area contributed by atoms with Crippen molar-refractivity contribution in [3.63, 3.8) is 0 Å². The predicted molar refractivity (Wildman–Crippen MR) is 111 cm³/mol. The molecule has 1 atom stereocenters. The van der Waals surface area contributed by atoms with Crippen molar-refractivity contribution in [2.24, 2.45) is 0 Å². The molecule has 6 nitrogen and oxygen atoms in total. The van der Waals surface area contributed by atoms with E-state index < -0.39 is 0 Å². The van der Waals surface area contributed by atoms with Crippen LogP contribution < -0.4 is 9.64 Å². The first kappa shape index (κ1) is 18.8. The highest BCUT2D eigenvalue weighted by Gasteiger charge is 2.32. The van der Waals surface area contributed by atoms with Crippen LogP contribution in [0.1, 0.15) is 37.6 Å². The minimum absolute atomic E-state index is 0.103. The molecule has 0 amide bonds. The Kier molecular flexibility index (Phi) is 5.52. The van der Waals surface area contributed by atoms with Gasteiger partial charge >= 0.3 is 0 Å². The number of Topliss-reactive ketones (excluding diaryl/α,β-unsaturated/α-hetero) is 1. The number of aromatic nitrogens is 3. The van der Waals surface area contributed by atoms with Gasteiger partial charge in [-0.05, 0) is 38.7 Å². The Hall–Kier alpha value is -2.54. The molecule has 0 bridgehead atoms. The average molecular weight is 397 g/mol. The molecule has 1 saturated heterocycles. The highest BCUT2D eigenvalue weighted by atomic mass is 32.1. The topological polar surface area (TPSA) is 68.2 Å². The molecule has 1 aliphatic heterocycles. The third-order valence-electron chi connectivity index (χ3n) is 4.98. The van der Waals surface area contributed by atoms with E-state index in [1.807, 2.05) is 32.0 Å². The normalized spacial score (nSPS) is 16.6. The van der Waals surface area contributed by atoms with Gasteiger partial charge in [-0.2, -0.15) is 9.97 Å².